The Balaban J connectivity index is 2.51. The molecule has 0 unspecified atom stereocenters. The van der Waals surface area contributed by atoms with E-state index in [-0.39, 0.29) is 11.6 Å². The quantitative estimate of drug-likeness (QED) is 0.795. The van der Waals surface area contributed by atoms with Crippen LogP contribution >= 0.6 is 0 Å². The van der Waals surface area contributed by atoms with E-state index in [0.717, 1.165) is 11.1 Å². The van der Waals surface area contributed by atoms with Gasteiger partial charge in [-0.15, -0.1) is 0 Å². The molecule has 17 heavy (non-hydrogen) atoms. The molecule has 4 nitrogen and oxygen atoms in total. The molecule has 0 saturated heterocycles. The van der Waals surface area contributed by atoms with E-state index in [1.165, 1.54) is 0 Å². The topological polar surface area (TPSA) is 68.9 Å². The number of nitrogen functional groups attached to an aromatic ring is 1. The van der Waals surface area contributed by atoms with Crippen LogP contribution in [0, 0.1) is 13.8 Å². The number of aromatic nitrogens is 2. The maximum absolute atomic E-state index is 12.3. The molecule has 2 aromatic heterocycles. The first-order valence-corrected chi connectivity index (χ1v) is 5.27. The van der Waals surface area contributed by atoms with E-state index in [0.29, 0.717) is 11.1 Å². The molecular weight excluding hydrogens is 214 g/mol. The van der Waals surface area contributed by atoms with Gasteiger partial charge in [0.25, 0.3) is 0 Å². The minimum Gasteiger partial charge on any atom is -0.383 e. The van der Waals surface area contributed by atoms with E-state index in [4.69, 9.17) is 5.73 Å². The van der Waals surface area contributed by atoms with Crippen molar-refractivity contribution < 1.29 is 4.79 Å². The van der Waals surface area contributed by atoms with Crippen LogP contribution in [-0.2, 0) is 0 Å². The summed E-state index contributed by atoms with van der Waals surface area (Å²) in [5.41, 5.74) is 8.51. The summed E-state index contributed by atoms with van der Waals surface area (Å²) in [7, 11) is 0. The van der Waals surface area contributed by atoms with Crippen molar-refractivity contribution >= 4 is 11.6 Å². The van der Waals surface area contributed by atoms with Gasteiger partial charge in [-0.25, -0.2) is 4.98 Å². The summed E-state index contributed by atoms with van der Waals surface area (Å²) in [5.74, 6) is 0.119. The minimum absolute atomic E-state index is 0.135. The van der Waals surface area contributed by atoms with Gasteiger partial charge in [0.15, 0.2) is 5.78 Å². The van der Waals surface area contributed by atoms with Gasteiger partial charge in [0.2, 0.25) is 0 Å². The van der Waals surface area contributed by atoms with Crippen molar-refractivity contribution in [1.29, 1.82) is 0 Å². The van der Waals surface area contributed by atoms with E-state index >= 15 is 0 Å². The van der Waals surface area contributed by atoms with Crippen LogP contribution in [-0.4, -0.2) is 15.8 Å². The molecule has 0 radical (unpaired) electrons. The van der Waals surface area contributed by atoms with Crippen LogP contribution in [0.15, 0.2) is 30.7 Å². The highest BCUT2D eigenvalue weighted by molar-refractivity contribution is 6.12. The average molecular weight is 227 g/mol. The standard InChI is InChI=1S/C13H13N3O/c1-8-5-10(13(14)16-6-8)12(17)11-7-15-4-3-9(11)2/h3-7H,1-2H3,(H2,14,16). The third kappa shape index (κ3) is 2.15. The molecule has 2 N–H and O–H groups in total. The van der Waals surface area contributed by atoms with Gasteiger partial charge in [0.05, 0.1) is 5.56 Å². The fourth-order valence-corrected chi connectivity index (χ4v) is 1.61. The molecule has 0 aliphatic rings. The first-order valence-electron chi connectivity index (χ1n) is 5.27. The number of hydrogen-bond donors (Lipinski definition) is 1. The fourth-order valence-electron chi connectivity index (χ4n) is 1.61. The van der Waals surface area contributed by atoms with Crippen molar-refractivity contribution in [3.05, 3.63) is 53.0 Å². The van der Waals surface area contributed by atoms with Gasteiger partial charge in [-0.1, -0.05) is 0 Å². The number of ketones is 1. The maximum atomic E-state index is 12.3. The molecule has 86 valence electrons. The molecule has 2 heterocycles. The lowest BCUT2D eigenvalue weighted by atomic mass is 10.0. The number of rotatable bonds is 2. The highest BCUT2D eigenvalue weighted by Gasteiger charge is 2.15. The van der Waals surface area contributed by atoms with Crippen molar-refractivity contribution in [1.82, 2.24) is 9.97 Å². The van der Waals surface area contributed by atoms with Gasteiger partial charge in [0, 0.05) is 24.2 Å². The van der Waals surface area contributed by atoms with E-state index < -0.39 is 0 Å². The zero-order valence-corrected chi connectivity index (χ0v) is 9.77. The molecule has 0 aliphatic heterocycles. The molecule has 0 aromatic carbocycles. The van der Waals surface area contributed by atoms with E-state index in [9.17, 15) is 4.79 Å². The average Bonchev–Trinajstić information content (AvgIpc) is 2.32. The highest BCUT2D eigenvalue weighted by atomic mass is 16.1. The van der Waals surface area contributed by atoms with Gasteiger partial charge in [-0.2, -0.15) is 0 Å². The number of hydrogen-bond acceptors (Lipinski definition) is 4. The Morgan fingerprint density at radius 3 is 2.71 bits per heavy atom. The summed E-state index contributed by atoms with van der Waals surface area (Å²) in [6.07, 6.45) is 4.85. The summed E-state index contributed by atoms with van der Waals surface area (Å²) in [6.45, 7) is 3.74. The number of aryl methyl sites for hydroxylation is 2. The Bertz CT molecular complexity index is 579. The lowest BCUT2D eigenvalue weighted by Gasteiger charge is -2.06. The normalized spacial score (nSPS) is 10.2. The largest absolute Gasteiger partial charge is 0.383 e. The SMILES string of the molecule is Cc1cnc(N)c(C(=O)c2cnccc2C)c1. The van der Waals surface area contributed by atoms with Crippen LogP contribution in [0.4, 0.5) is 5.82 Å². The van der Waals surface area contributed by atoms with E-state index in [1.807, 2.05) is 13.8 Å². The summed E-state index contributed by atoms with van der Waals surface area (Å²) in [5, 5.41) is 0. The minimum atomic E-state index is -0.135. The Morgan fingerprint density at radius 2 is 2.00 bits per heavy atom. The molecule has 0 bridgehead atoms. The monoisotopic (exact) mass is 227 g/mol. The number of nitrogens with two attached hydrogens (primary N) is 1. The fraction of sp³-hybridized carbons (Fsp3) is 0.154. The Hall–Kier alpha value is -2.23. The van der Waals surface area contributed by atoms with Crippen LogP contribution in [0.2, 0.25) is 0 Å². The van der Waals surface area contributed by atoms with Gasteiger partial charge in [0.1, 0.15) is 5.82 Å². The van der Waals surface area contributed by atoms with E-state index in [1.54, 1.807) is 30.7 Å². The molecular formula is C13H13N3O. The van der Waals surface area contributed by atoms with Crippen LogP contribution in [0.5, 0.6) is 0 Å². The third-order valence-electron chi connectivity index (χ3n) is 2.58. The van der Waals surface area contributed by atoms with Gasteiger partial charge >= 0.3 is 0 Å². The van der Waals surface area contributed by atoms with Crippen LogP contribution in [0.25, 0.3) is 0 Å². The molecule has 2 rings (SSSR count). The zero-order chi connectivity index (χ0) is 12.4. The predicted octanol–water partition coefficient (Wildman–Crippen LogP) is 1.91. The van der Waals surface area contributed by atoms with Crippen molar-refractivity contribution in [2.24, 2.45) is 0 Å². The van der Waals surface area contributed by atoms with Crippen molar-refractivity contribution in [3.63, 3.8) is 0 Å². The Kier molecular flexibility index (Phi) is 2.87. The molecule has 0 fully saturated rings. The van der Waals surface area contributed by atoms with E-state index in [2.05, 4.69) is 9.97 Å². The Morgan fingerprint density at radius 1 is 1.24 bits per heavy atom. The molecule has 0 atom stereocenters. The second kappa shape index (κ2) is 4.33. The molecule has 2 aromatic rings. The lowest BCUT2D eigenvalue weighted by molar-refractivity contribution is 0.103. The molecule has 4 heteroatoms. The number of carbonyl (C=O) groups is 1. The van der Waals surface area contributed by atoms with Crippen LogP contribution < -0.4 is 5.73 Å². The molecule has 0 amide bonds. The smallest absolute Gasteiger partial charge is 0.198 e. The van der Waals surface area contributed by atoms with Gasteiger partial charge < -0.3 is 5.73 Å². The van der Waals surface area contributed by atoms with Crippen LogP contribution in [0.1, 0.15) is 27.0 Å². The second-order valence-corrected chi connectivity index (χ2v) is 3.97. The summed E-state index contributed by atoms with van der Waals surface area (Å²) in [6, 6.07) is 3.55. The van der Waals surface area contributed by atoms with Gasteiger partial charge in [-0.3, -0.25) is 9.78 Å². The Labute approximate surface area is 99.5 Å². The first-order chi connectivity index (χ1) is 8.09. The number of carbonyl (C=O) groups excluding carboxylic acids is 1. The maximum Gasteiger partial charge on any atom is 0.198 e. The summed E-state index contributed by atoms with van der Waals surface area (Å²) >= 11 is 0. The molecule has 0 spiro atoms. The summed E-state index contributed by atoms with van der Waals surface area (Å²) in [4.78, 5) is 20.2. The van der Waals surface area contributed by atoms with Crippen molar-refractivity contribution in [3.8, 4) is 0 Å². The predicted molar refractivity (Wildman–Crippen MR) is 65.8 cm³/mol. The van der Waals surface area contributed by atoms with Gasteiger partial charge in [-0.05, 0) is 37.1 Å². The first kappa shape index (κ1) is 11.3. The third-order valence-corrected chi connectivity index (χ3v) is 2.58. The number of anilines is 1. The highest BCUT2D eigenvalue weighted by Crippen LogP contribution is 2.17. The van der Waals surface area contributed by atoms with Crippen LogP contribution in [0.3, 0.4) is 0 Å². The molecule has 0 saturated carbocycles. The molecule has 0 aliphatic carbocycles. The van der Waals surface area contributed by atoms with Crippen molar-refractivity contribution in [2.45, 2.75) is 13.8 Å². The number of pyridine rings is 2. The second-order valence-electron chi connectivity index (χ2n) is 3.97. The zero-order valence-electron chi connectivity index (χ0n) is 9.77. The van der Waals surface area contributed by atoms with Crippen molar-refractivity contribution in [2.75, 3.05) is 5.73 Å². The number of nitrogens with zero attached hydrogens (tertiary/aromatic N) is 2. The summed E-state index contributed by atoms with van der Waals surface area (Å²) < 4.78 is 0. The lowest BCUT2D eigenvalue weighted by Crippen LogP contribution is -2.09.